The minimum atomic E-state index is -0.694. The highest BCUT2D eigenvalue weighted by Gasteiger charge is 2.37. The number of Topliss-reactive ketones (excluding diaryl/α,β-unsaturated/α-hetero) is 1. The van der Waals surface area contributed by atoms with Gasteiger partial charge in [-0.25, -0.2) is 4.79 Å². The quantitative estimate of drug-likeness (QED) is 0.543. The zero-order valence-electron chi connectivity index (χ0n) is 15.3. The number of hydrogen-bond donors (Lipinski definition) is 1. The highest BCUT2D eigenvalue weighted by atomic mass is 16.6. The van der Waals surface area contributed by atoms with Crippen molar-refractivity contribution in [2.75, 3.05) is 0 Å². The van der Waals surface area contributed by atoms with Crippen LogP contribution in [0.1, 0.15) is 63.4 Å². The van der Waals surface area contributed by atoms with Gasteiger partial charge in [0.2, 0.25) is 0 Å². The molecule has 0 aromatic heterocycles. The molecule has 0 saturated heterocycles. The van der Waals surface area contributed by atoms with E-state index >= 15 is 0 Å². The molecule has 1 aliphatic carbocycles. The van der Waals surface area contributed by atoms with Gasteiger partial charge in [0.25, 0.3) is 0 Å². The highest BCUT2D eigenvalue weighted by Crippen LogP contribution is 2.29. The number of hydrogen-bond acceptors (Lipinski definition) is 4. The van der Waals surface area contributed by atoms with Gasteiger partial charge < -0.3 is 9.84 Å². The zero-order chi connectivity index (χ0) is 18.4. The van der Waals surface area contributed by atoms with Gasteiger partial charge in [0.15, 0.2) is 17.6 Å². The lowest BCUT2D eigenvalue weighted by atomic mass is 9.85. The lowest BCUT2D eigenvalue weighted by Crippen LogP contribution is -2.13. The molecule has 1 fully saturated rings. The largest absolute Gasteiger partial charge is 0.507 e. The van der Waals surface area contributed by atoms with E-state index in [1.54, 1.807) is 0 Å². The monoisotopic (exact) mass is 356 g/mol. The van der Waals surface area contributed by atoms with Gasteiger partial charge in [0.1, 0.15) is 5.57 Å². The van der Waals surface area contributed by atoms with Crippen LogP contribution in [0.25, 0.3) is 0 Å². The van der Waals surface area contributed by atoms with E-state index in [1.807, 2.05) is 30.3 Å². The van der Waals surface area contributed by atoms with E-state index in [2.05, 4.69) is 0 Å². The number of carbonyl (C=O) groups excluding carboxylic acids is 2. The molecule has 140 valence electrons. The summed E-state index contributed by atoms with van der Waals surface area (Å²) in [4.78, 5) is 24.5. The number of aliphatic hydroxyl groups excluding tert-OH is 1. The molecule has 1 atom stereocenters. The number of carbonyl (C=O) groups is 2. The predicted molar refractivity (Wildman–Crippen MR) is 99.7 cm³/mol. The van der Waals surface area contributed by atoms with Crippen LogP contribution in [0.5, 0.6) is 0 Å². The second-order valence-electron chi connectivity index (χ2n) is 7.50. The van der Waals surface area contributed by atoms with Crippen molar-refractivity contribution in [1.82, 2.24) is 0 Å². The summed E-state index contributed by atoms with van der Waals surface area (Å²) in [6.07, 6.45) is 9.03. The predicted octanol–water partition coefficient (Wildman–Crippen LogP) is 4.68. The molecular formula is C22H28O4. The van der Waals surface area contributed by atoms with E-state index in [0.29, 0.717) is 25.2 Å². The SMILES string of the molecule is O=C(CCCC1CCCCC1)C1=C(O)C(CCc2ccccc2)OC1=O. The van der Waals surface area contributed by atoms with E-state index in [1.165, 1.54) is 32.1 Å². The van der Waals surface area contributed by atoms with Crippen molar-refractivity contribution in [2.24, 2.45) is 5.92 Å². The molecule has 1 aromatic carbocycles. The minimum absolute atomic E-state index is 0.119. The number of ketones is 1. The fraction of sp³-hybridized carbons (Fsp3) is 0.545. The first kappa shape index (κ1) is 18.7. The summed E-state index contributed by atoms with van der Waals surface area (Å²) >= 11 is 0. The Balaban J connectivity index is 1.50. The van der Waals surface area contributed by atoms with Crippen LogP contribution >= 0.6 is 0 Å². The first-order valence-corrected chi connectivity index (χ1v) is 9.86. The molecule has 1 heterocycles. The maximum absolute atomic E-state index is 12.4. The number of cyclic esters (lactones) is 1. The van der Waals surface area contributed by atoms with Gasteiger partial charge in [-0.3, -0.25) is 4.79 Å². The van der Waals surface area contributed by atoms with Crippen molar-refractivity contribution in [1.29, 1.82) is 0 Å². The smallest absolute Gasteiger partial charge is 0.346 e. The van der Waals surface area contributed by atoms with Crippen LogP contribution in [0.4, 0.5) is 0 Å². The lowest BCUT2D eigenvalue weighted by molar-refractivity contribution is -0.141. The molecule has 4 nitrogen and oxygen atoms in total. The maximum Gasteiger partial charge on any atom is 0.346 e. The molecule has 0 amide bonds. The molecule has 0 spiro atoms. The Morgan fingerprint density at radius 1 is 1.08 bits per heavy atom. The van der Waals surface area contributed by atoms with Crippen LogP contribution in [0, 0.1) is 5.92 Å². The molecule has 1 aromatic rings. The second-order valence-corrected chi connectivity index (χ2v) is 7.50. The van der Waals surface area contributed by atoms with Gasteiger partial charge in [-0.1, -0.05) is 68.9 Å². The molecule has 1 N–H and O–H groups in total. The van der Waals surface area contributed by atoms with Crippen molar-refractivity contribution >= 4 is 11.8 Å². The molecule has 1 aliphatic heterocycles. The average Bonchev–Trinajstić information content (AvgIpc) is 2.95. The normalized spacial score (nSPS) is 21.1. The third-order valence-corrected chi connectivity index (χ3v) is 5.57. The molecule has 1 saturated carbocycles. The highest BCUT2D eigenvalue weighted by molar-refractivity contribution is 6.19. The number of aryl methyl sites for hydroxylation is 1. The number of rotatable bonds is 8. The molecular weight excluding hydrogens is 328 g/mol. The Bertz CT molecular complexity index is 656. The van der Waals surface area contributed by atoms with Gasteiger partial charge in [-0.2, -0.15) is 0 Å². The zero-order valence-corrected chi connectivity index (χ0v) is 15.3. The summed E-state index contributed by atoms with van der Waals surface area (Å²) in [5.74, 6) is -0.393. The van der Waals surface area contributed by atoms with Crippen molar-refractivity contribution in [2.45, 2.75) is 70.3 Å². The Hall–Kier alpha value is -2.10. The molecule has 3 rings (SSSR count). The van der Waals surface area contributed by atoms with Crippen LogP contribution < -0.4 is 0 Å². The van der Waals surface area contributed by atoms with Gasteiger partial charge in [0.05, 0.1) is 0 Å². The Kier molecular flexibility index (Phi) is 6.48. The van der Waals surface area contributed by atoms with Crippen LogP contribution in [0.15, 0.2) is 41.7 Å². The maximum atomic E-state index is 12.4. The van der Waals surface area contributed by atoms with Gasteiger partial charge in [0, 0.05) is 6.42 Å². The fourth-order valence-corrected chi connectivity index (χ4v) is 4.06. The van der Waals surface area contributed by atoms with E-state index in [-0.39, 0.29) is 17.1 Å². The fourth-order valence-electron chi connectivity index (χ4n) is 4.06. The summed E-state index contributed by atoms with van der Waals surface area (Å²) in [7, 11) is 0. The van der Waals surface area contributed by atoms with Crippen LogP contribution in [-0.4, -0.2) is 23.0 Å². The minimum Gasteiger partial charge on any atom is -0.507 e. The molecule has 2 aliphatic rings. The topological polar surface area (TPSA) is 63.6 Å². The van der Waals surface area contributed by atoms with Gasteiger partial charge in [-0.05, 0) is 30.7 Å². The Labute approximate surface area is 155 Å². The van der Waals surface area contributed by atoms with Crippen molar-refractivity contribution in [3.05, 3.63) is 47.2 Å². The van der Waals surface area contributed by atoms with Crippen molar-refractivity contribution in [3.63, 3.8) is 0 Å². The Morgan fingerprint density at radius 3 is 2.54 bits per heavy atom. The summed E-state index contributed by atoms with van der Waals surface area (Å²) in [5.41, 5.74) is 0.996. The molecule has 0 radical (unpaired) electrons. The summed E-state index contributed by atoms with van der Waals surface area (Å²) in [6.45, 7) is 0. The number of benzene rings is 1. The van der Waals surface area contributed by atoms with E-state index in [4.69, 9.17) is 4.74 Å². The van der Waals surface area contributed by atoms with E-state index in [9.17, 15) is 14.7 Å². The third kappa shape index (κ3) is 4.75. The summed E-state index contributed by atoms with van der Waals surface area (Å²) in [6, 6.07) is 9.84. The first-order valence-electron chi connectivity index (χ1n) is 9.86. The third-order valence-electron chi connectivity index (χ3n) is 5.57. The first-order chi connectivity index (χ1) is 12.6. The lowest BCUT2D eigenvalue weighted by Gasteiger charge is -2.20. The van der Waals surface area contributed by atoms with E-state index in [0.717, 1.165) is 18.4 Å². The average molecular weight is 356 g/mol. The molecule has 4 heteroatoms. The summed E-state index contributed by atoms with van der Waals surface area (Å²) < 4.78 is 5.24. The standard InChI is InChI=1S/C22H28O4/c23-18(13-7-12-16-8-3-1-4-9-16)20-21(24)19(26-22(20)25)15-14-17-10-5-2-6-11-17/h2,5-6,10-11,16,19,24H,1,3-4,7-9,12-15H2. The van der Waals surface area contributed by atoms with Crippen LogP contribution in [0.2, 0.25) is 0 Å². The van der Waals surface area contributed by atoms with Crippen LogP contribution in [-0.2, 0) is 20.7 Å². The van der Waals surface area contributed by atoms with Crippen molar-refractivity contribution in [3.8, 4) is 0 Å². The van der Waals surface area contributed by atoms with Gasteiger partial charge in [-0.15, -0.1) is 0 Å². The number of esters is 1. The second kappa shape index (κ2) is 9.02. The molecule has 0 bridgehead atoms. The Morgan fingerprint density at radius 2 is 1.81 bits per heavy atom. The molecule has 26 heavy (non-hydrogen) atoms. The molecule has 1 unspecified atom stereocenters. The summed E-state index contributed by atoms with van der Waals surface area (Å²) in [5, 5.41) is 10.3. The van der Waals surface area contributed by atoms with E-state index < -0.39 is 12.1 Å². The number of ether oxygens (including phenoxy) is 1. The van der Waals surface area contributed by atoms with Gasteiger partial charge >= 0.3 is 5.97 Å². The number of aliphatic hydroxyl groups is 1. The van der Waals surface area contributed by atoms with Crippen LogP contribution in [0.3, 0.4) is 0 Å². The van der Waals surface area contributed by atoms with Crippen molar-refractivity contribution < 1.29 is 19.4 Å².